The zero-order chi connectivity index (χ0) is 18.6. The quantitative estimate of drug-likeness (QED) is 0.164. The van der Waals surface area contributed by atoms with Crippen molar-refractivity contribution in [1.82, 2.24) is 16.0 Å². The highest BCUT2D eigenvalue weighted by atomic mass is 127. The van der Waals surface area contributed by atoms with Crippen LogP contribution in [0.15, 0.2) is 40.9 Å². The van der Waals surface area contributed by atoms with Crippen LogP contribution in [0, 0.1) is 0 Å². The summed E-state index contributed by atoms with van der Waals surface area (Å²) in [6.07, 6.45) is 8.44. The maximum absolute atomic E-state index is 12.1. The van der Waals surface area contributed by atoms with Crippen LogP contribution >= 0.6 is 35.6 Å². The van der Waals surface area contributed by atoms with Gasteiger partial charge in [-0.25, -0.2) is 0 Å². The molecule has 0 atom stereocenters. The van der Waals surface area contributed by atoms with Gasteiger partial charge in [0, 0.05) is 26.2 Å². The maximum atomic E-state index is 12.1. The van der Waals surface area contributed by atoms with Gasteiger partial charge in [-0.2, -0.15) is 0 Å². The molecule has 0 fully saturated rings. The van der Waals surface area contributed by atoms with Crippen LogP contribution in [0.25, 0.3) is 0 Å². The number of hydrogen-bond donors (Lipinski definition) is 3. The predicted molar refractivity (Wildman–Crippen MR) is 124 cm³/mol. The first-order valence-corrected chi connectivity index (χ1v) is 9.81. The largest absolute Gasteiger partial charge is 0.357 e. The van der Waals surface area contributed by atoms with E-state index in [-0.39, 0.29) is 29.9 Å². The van der Waals surface area contributed by atoms with Crippen LogP contribution in [0.4, 0.5) is 0 Å². The fourth-order valence-corrected chi connectivity index (χ4v) is 3.10. The van der Waals surface area contributed by atoms with Crippen molar-refractivity contribution >= 4 is 47.4 Å². The molecule has 1 aliphatic carbocycles. The molecule has 0 radical (unpaired) electrons. The molecule has 0 saturated heterocycles. The number of carbonyl (C=O) groups excluding carboxylic acids is 1. The van der Waals surface area contributed by atoms with E-state index in [1.54, 1.807) is 18.2 Å². The zero-order valence-electron chi connectivity index (χ0n) is 15.9. The van der Waals surface area contributed by atoms with E-state index in [4.69, 9.17) is 11.6 Å². The Bertz CT molecular complexity index is 649. The molecule has 0 bridgehead atoms. The summed E-state index contributed by atoms with van der Waals surface area (Å²) in [7, 11) is 0. The number of allylic oxidation sites excluding steroid dienone is 1. The Morgan fingerprint density at radius 3 is 2.63 bits per heavy atom. The third-order valence-corrected chi connectivity index (χ3v) is 4.58. The first kappa shape index (κ1) is 23.8. The lowest BCUT2D eigenvalue weighted by molar-refractivity contribution is 0.0954. The van der Waals surface area contributed by atoms with Crippen molar-refractivity contribution in [3.8, 4) is 0 Å². The molecular weight excluding hydrogens is 475 g/mol. The first-order chi connectivity index (χ1) is 12.7. The van der Waals surface area contributed by atoms with E-state index in [1.807, 2.05) is 13.0 Å². The number of nitrogens with one attached hydrogen (secondary N) is 3. The van der Waals surface area contributed by atoms with Gasteiger partial charge in [0.05, 0.1) is 10.6 Å². The molecule has 27 heavy (non-hydrogen) atoms. The molecule has 2 rings (SSSR count). The van der Waals surface area contributed by atoms with Gasteiger partial charge in [-0.3, -0.25) is 9.79 Å². The summed E-state index contributed by atoms with van der Waals surface area (Å²) < 4.78 is 0. The number of benzene rings is 1. The topological polar surface area (TPSA) is 65.5 Å². The molecule has 1 aromatic rings. The molecule has 3 N–H and O–H groups in total. The summed E-state index contributed by atoms with van der Waals surface area (Å²) in [5.74, 6) is 0.625. The minimum Gasteiger partial charge on any atom is -0.357 e. The van der Waals surface area contributed by atoms with E-state index in [1.165, 1.54) is 31.3 Å². The van der Waals surface area contributed by atoms with Gasteiger partial charge in [0.25, 0.3) is 5.91 Å². The smallest absolute Gasteiger partial charge is 0.252 e. The number of amides is 1. The van der Waals surface area contributed by atoms with E-state index in [0.717, 1.165) is 25.5 Å². The highest BCUT2D eigenvalue weighted by molar-refractivity contribution is 14.0. The minimum absolute atomic E-state index is 0. The molecule has 150 valence electrons. The molecule has 7 heteroatoms. The second-order valence-corrected chi connectivity index (χ2v) is 6.69. The SMILES string of the molecule is CCNC(=NCCC1=CCCCC1)NCCNC(=O)c1ccccc1Cl.I. The zero-order valence-corrected chi connectivity index (χ0v) is 19.0. The lowest BCUT2D eigenvalue weighted by atomic mass is 9.97. The molecule has 1 aliphatic rings. The monoisotopic (exact) mass is 504 g/mol. The summed E-state index contributed by atoms with van der Waals surface area (Å²) in [4.78, 5) is 16.7. The lowest BCUT2D eigenvalue weighted by Gasteiger charge is -2.14. The molecule has 1 amide bonds. The number of halogens is 2. The van der Waals surface area contributed by atoms with Crippen molar-refractivity contribution in [2.24, 2.45) is 4.99 Å². The molecule has 0 aliphatic heterocycles. The predicted octanol–water partition coefficient (Wildman–Crippen LogP) is 4.13. The standard InChI is InChI=1S/C20H29ClN4O.HI/c1-2-22-20(24-13-12-16-8-4-3-5-9-16)25-15-14-23-19(26)17-10-6-7-11-18(17)21;/h6-8,10-11H,2-5,9,12-15H2,1H3,(H,23,26)(H2,22,24,25);1H. The van der Waals surface area contributed by atoms with Gasteiger partial charge < -0.3 is 16.0 Å². The van der Waals surface area contributed by atoms with Crippen molar-refractivity contribution in [3.63, 3.8) is 0 Å². The molecule has 0 heterocycles. The van der Waals surface area contributed by atoms with Crippen LogP contribution in [0.3, 0.4) is 0 Å². The van der Waals surface area contributed by atoms with Gasteiger partial charge in [-0.05, 0) is 51.2 Å². The fourth-order valence-electron chi connectivity index (χ4n) is 2.88. The van der Waals surface area contributed by atoms with Crippen LogP contribution in [0.1, 0.15) is 49.4 Å². The van der Waals surface area contributed by atoms with E-state index in [9.17, 15) is 4.79 Å². The molecule has 5 nitrogen and oxygen atoms in total. The Morgan fingerprint density at radius 2 is 1.93 bits per heavy atom. The minimum atomic E-state index is -0.163. The molecule has 0 aromatic heterocycles. The van der Waals surface area contributed by atoms with Crippen LogP contribution < -0.4 is 16.0 Å². The van der Waals surface area contributed by atoms with Gasteiger partial charge in [0.2, 0.25) is 0 Å². The Kier molecular flexibility index (Phi) is 12.2. The van der Waals surface area contributed by atoms with Gasteiger partial charge >= 0.3 is 0 Å². The van der Waals surface area contributed by atoms with E-state index in [0.29, 0.717) is 23.7 Å². The summed E-state index contributed by atoms with van der Waals surface area (Å²) >= 11 is 6.03. The Balaban J connectivity index is 0.00000364. The highest BCUT2D eigenvalue weighted by Crippen LogP contribution is 2.19. The Hall–Kier alpha value is -1.28. The average Bonchev–Trinajstić information content (AvgIpc) is 2.66. The van der Waals surface area contributed by atoms with Gasteiger partial charge in [0.15, 0.2) is 5.96 Å². The summed E-state index contributed by atoms with van der Waals surface area (Å²) in [6, 6.07) is 7.04. The van der Waals surface area contributed by atoms with Crippen molar-refractivity contribution in [1.29, 1.82) is 0 Å². The molecular formula is C20H30ClIN4O. The fraction of sp³-hybridized carbons (Fsp3) is 0.500. The summed E-state index contributed by atoms with van der Waals surface area (Å²) in [5.41, 5.74) is 2.03. The third-order valence-electron chi connectivity index (χ3n) is 4.25. The normalized spacial score (nSPS) is 14.0. The average molecular weight is 505 g/mol. The van der Waals surface area contributed by atoms with Crippen LogP contribution in [-0.4, -0.2) is 38.0 Å². The molecule has 0 spiro atoms. The molecule has 0 saturated carbocycles. The lowest BCUT2D eigenvalue weighted by Crippen LogP contribution is -2.41. The first-order valence-electron chi connectivity index (χ1n) is 9.43. The van der Waals surface area contributed by atoms with Crippen molar-refractivity contribution in [2.45, 2.75) is 39.0 Å². The highest BCUT2D eigenvalue weighted by Gasteiger charge is 2.08. The summed E-state index contributed by atoms with van der Waals surface area (Å²) in [6.45, 7) is 4.73. The number of rotatable bonds is 8. The molecule has 1 aromatic carbocycles. The third kappa shape index (κ3) is 8.97. The van der Waals surface area contributed by atoms with Crippen molar-refractivity contribution < 1.29 is 4.79 Å². The Labute approximate surface area is 184 Å². The van der Waals surface area contributed by atoms with Crippen LogP contribution in [0.5, 0.6) is 0 Å². The second-order valence-electron chi connectivity index (χ2n) is 6.28. The van der Waals surface area contributed by atoms with Crippen molar-refractivity contribution in [3.05, 3.63) is 46.5 Å². The maximum Gasteiger partial charge on any atom is 0.252 e. The van der Waals surface area contributed by atoms with Crippen LogP contribution in [0.2, 0.25) is 5.02 Å². The number of carbonyl (C=O) groups is 1. The van der Waals surface area contributed by atoms with Crippen LogP contribution in [-0.2, 0) is 0 Å². The number of nitrogens with zero attached hydrogens (tertiary/aromatic N) is 1. The second kappa shape index (κ2) is 13.8. The Morgan fingerprint density at radius 1 is 1.15 bits per heavy atom. The number of hydrogen-bond acceptors (Lipinski definition) is 2. The van der Waals surface area contributed by atoms with Gasteiger partial charge in [-0.1, -0.05) is 35.4 Å². The van der Waals surface area contributed by atoms with Gasteiger partial charge in [-0.15, -0.1) is 24.0 Å². The molecule has 0 unspecified atom stereocenters. The van der Waals surface area contributed by atoms with Gasteiger partial charge in [0.1, 0.15) is 0 Å². The van der Waals surface area contributed by atoms with Crippen molar-refractivity contribution in [2.75, 3.05) is 26.2 Å². The van der Waals surface area contributed by atoms with E-state index < -0.39 is 0 Å². The summed E-state index contributed by atoms with van der Waals surface area (Å²) in [5, 5.41) is 9.82. The van der Waals surface area contributed by atoms with E-state index >= 15 is 0 Å². The van der Waals surface area contributed by atoms with E-state index in [2.05, 4.69) is 27.0 Å². The number of aliphatic imine (C=N–C) groups is 1. The number of guanidine groups is 1.